The number of benzene rings is 2. The zero-order valence-corrected chi connectivity index (χ0v) is 13.7. The lowest BCUT2D eigenvalue weighted by atomic mass is 10.1. The molecule has 2 aromatic carbocycles. The minimum Gasteiger partial charge on any atom is -0.497 e. The molecule has 1 aromatic heterocycles. The average Bonchev–Trinajstić information content (AvgIpc) is 3.09. The molecular formula is C17H14N2O4S. The first-order valence-electron chi connectivity index (χ1n) is 7.12. The van der Waals surface area contributed by atoms with Gasteiger partial charge in [-0.3, -0.25) is 10.1 Å². The van der Waals surface area contributed by atoms with Crippen LogP contribution in [0.1, 0.15) is 5.01 Å². The lowest BCUT2D eigenvalue weighted by Gasteiger charge is -2.05. The summed E-state index contributed by atoms with van der Waals surface area (Å²) in [6.45, 7) is 0.365. The summed E-state index contributed by atoms with van der Waals surface area (Å²) < 4.78 is 10.8. The number of hydrogen-bond donors (Lipinski definition) is 0. The molecular weight excluding hydrogens is 328 g/mol. The highest BCUT2D eigenvalue weighted by Crippen LogP contribution is 2.25. The molecule has 0 fully saturated rings. The Kier molecular flexibility index (Phi) is 4.72. The second-order valence-electron chi connectivity index (χ2n) is 4.89. The highest BCUT2D eigenvalue weighted by molar-refractivity contribution is 7.09. The van der Waals surface area contributed by atoms with Crippen LogP contribution in [0.4, 0.5) is 5.69 Å². The van der Waals surface area contributed by atoms with Crippen molar-refractivity contribution in [2.45, 2.75) is 6.61 Å². The molecule has 1 heterocycles. The first kappa shape index (κ1) is 15.9. The average molecular weight is 342 g/mol. The van der Waals surface area contributed by atoms with Crippen LogP contribution in [0.3, 0.4) is 0 Å². The van der Waals surface area contributed by atoms with Crippen molar-refractivity contribution in [1.29, 1.82) is 0 Å². The van der Waals surface area contributed by atoms with Gasteiger partial charge in [-0.25, -0.2) is 4.98 Å². The largest absolute Gasteiger partial charge is 0.497 e. The van der Waals surface area contributed by atoms with Crippen molar-refractivity contribution in [2.75, 3.05) is 7.11 Å². The number of rotatable bonds is 6. The molecule has 122 valence electrons. The van der Waals surface area contributed by atoms with E-state index < -0.39 is 4.92 Å². The smallest absolute Gasteiger partial charge is 0.269 e. The van der Waals surface area contributed by atoms with Crippen molar-refractivity contribution in [1.82, 2.24) is 4.98 Å². The van der Waals surface area contributed by atoms with Crippen molar-refractivity contribution in [3.8, 4) is 22.8 Å². The second kappa shape index (κ2) is 7.10. The van der Waals surface area contributed by atoms with E-state index in [9.17, 15) is 10.1 Å². The maximum atomic E-state index is 10.7. The Hall–Kier alpha value is -2.93. The maximum Gasteiger partial charge on any atom is 0.269 e. The molecule has 0 saturated heterocycles. The summed E-state index contributed by atoms with van der Waals surface area (Å²) in [5, 5.41) is 13.4. The number of hydrogen-bond acceptors (Lipinski definition) is 6. The van der Waals surface area contributed by atoms with Crippen molar-refractivity contribution >= 4 is 17.0 Å². The van der Waals surface area contributed by atoms with Gasteiger partial charge in [0, 0.05) is 23.1 Å². The van der Waals surface area contributed by atoms with Gasteiger partial charge in [0.1, 0.15) is 23.1 Å². The molecule has 0 aliphatic rings. The molecule has 0 amide bonds. The van der Waals surface area contributed by atoms with Gasteiger partial charge in [0.05, 0.1) is 17.7 Å². The van der Waals surface area contributed by atoms with Gasteiger partial charge < -0.3 is 9.47 Å². The fraction of sp³-hybridized carbons (Fsp3) is 0.118. The van der Waals surface area contributed by atoms with Crippen LogP contribution in [0.2, 0.25) is 0 Å². The zero-order valence-electron chi connectivity index (χ0n) is 12.8. The topological polar surface area (TPSA) is 74.5 Å². The van der Waals surface area contributed by atoms with E-state index in [-0.39, 0.29) is 5.69 Å². The standard InChI is InChI=1S/C17H14N2O4S/c1-22-14-6-8-15(9-7-14)23-10-17-18-16(11-24-17)12-2-4-13(5-3-12)19(20)21/h2-9,11H,10H2,1H3. The van der Waals surface area contributed by atoms with E-state index in [1.165, 1.54) is 23.5 Å². The molecule has 3 aromatic rings. The van der Waals surface area contributed by atoms with Crippen LogP contribution < -0.4 is 9.47 Å². The number of nitrogens with zero attached hydrogens (tertiary/aromatic N) is 2. The Labute approximate surface area is 142 Å². The predicted octanol–water partition coefficient (Wildman–Crippen LogP) is 4.31. The van der Waals surface area contributed by atoms with Crippen LogP contribution in [0.15, 0.2) is 53.9 Å². The fourth-order valence-electron chi connectivity index (χ4n) is 2.08. The third-order valence-electron chi connectivity index (χ3n) is 3.35. The normalized spacial score (nSPS) is 10.4. The van der Waals surface area contributed by atoms with Crippen molar-refractivity contribution in [3.05, 3.63) is 69.0 Å². The monoisotopic (exact) mass is 342 g/mol. The van der Waals surface area contributed by atoms with Gasteiger partial charge in [0.15, 0.2) is 0 Å². The van der Waals surface area contributed by atoms with Crippen LogP contribution in [0.25, 0.3) is 11.3 Å². The first-order valence-corrected chi connectivity index (χ1v) is 8.00. The van der Waals surface area contributed by atoms with Crippen LogP contribution in [0.5, 0.6) is 11.5 Å². The number of nitro groups is 1. The summed E-state index contributed by atoms with van der Waals surface area (Å²) in [4.78, 5) is 14.8. The minimum absolute atomic E-state index is 0.0667. The van der Waals surface area contributed by atoms with Crippen molar-refractivity contribution < 1.29 is 14.4 Å². The van der Waals surface area contributed by atoms with Crippen LogP contribution >= 0.6 is 11.3 Å². The third-order valence-corrected chi connectivity index (χ3v) is 4.17. The molecule has 0 saturated carbocycles. The van der Waals surface area contributed by atoms with Gasteiger partial charge in [0.25, 0.3) is 5.69 Å². The highest BCUT2D eigenvalue weighted by atomic mass is 32.1. The molecule has 6 nitrogen and oxygen atoms in total. The summed E-state index contributed by atoms with van der Waals surface area (Å²) >= 11 is 1.49. The summed E-state index contributed by atoms with van der Waals surface area (Å²) in [6, 6.07) is 13.7. The molecule has 0 aliphatic heterocycles. The van der Waals surface area contributed by atoms with E-state index in [4.69, 9.17) is 9.47 Å². The Morgan fingerprint density at radius 3 is 2.38 bits per heavy atom. The third kappa shape index (κ3) is 3.69. The molecule has 0 aliphatic carbocycles. The van der Waals surface area contributed by atoms with Gasteiger partial charge in [0.2, 0.25) is 0 Å². The van der Waals surface area contributed by atoms with E-state index in [0.717, 1.165) is 27.8 Å². The number of methoxy groups -OCH3 is 1. The van der Waals surface area contributed by atoms with Crippen molar-refractivity contribution in [3.63, 3.8) is 0 Å². The predicted molar refractivity (Wildman–Crippen MR) is 91.5 cm³/mol. The first-order chi connectivity index (χ1) is 11.7. The molecule has 0 radical (unpaired) electrons. The summed E-state index contributed by atoms with van der Waals surface area (Å²) in [5.41, 5.74) is 1.69. The Morgan fingerprint density at radius 2 is 1.75 bits per heavy atom. The molecule has 0 unspecified atom stereocenters. The van der Waals surface area contributed by atoms with Gasteiger partial charge in [-0.05, 0) is 36.4 Å². The van der Waals surface area contributed by atoms with E-state index in [0.29, 0.717) is 6.61 Å². The van der Waals surface area contributed by atoms with Crippen LogP contribution in [-0.2, 0) is 6.61 Å². The number of ether oxygens (including phenoxy) is 2. The molecule has 0 spiro atoms. The zero-order chi connectivity index (χ0) is 16.9. The van der Waals surface area contributed by atoms with Gasteiger partial charge in [-0.15, -0.1) is 11.3 Å². The van der Waals surface area contributed by atoms with Gasteiger partial charge in [-0.1, -0.05) is 0 Å². The Bertz CT molecular complexity index is 829. The van der Waals surface area contributed by atoms with Crippen LogP contribution in [0, 0.1) is 10.1 Å². The molecule has 0 N–H and O–H groups in total. The number of aromatic nitrogens is 1. The van der Waals surface area contributed by atoms with E-state index >= 15 is 0 Å². The summed E-state index contributed by atoms with van der Waals surface area (Å²) in [6.07, 6.45) is 0. The second-order valence-corrected chi connectivity index (χ2v) is 5.84. The van der Waals surface area contributed by atoms with Crippen molar-refractivity contribution in [2.24, 2.45) is 0 Å². The molecule has 0 bridgehead atoms. The number of nitro benzene ring substituents is 1. The molecule has 0 atom stereocenters. The lowest BCUT2D eigenvalue weighted by Crippen LogP contribution is -1.95. The Balaban J connectivity index is 1.65. The maximum absolute atomic E-state index is 10.7. The number of non-ortho nitro benzene ring substituents is 1. The minimum atomic E-state index is -0.418. The SMILES string of the molecule is COc1ccc(OCc2nc(-c3ccc([N+](=O)[O-])cc3)cs2)cc1. The van der Waals surface area contributed by atoms with Crippen LogP contribution in [-0.4, -0.2) is 17.0 Å². The molecule has 7 heteroatoms. The Morgan fingerprint density at radius 1 is 1.08 bits per heavy atom. The lowest BCUT2D eigenvalue weighted by molar-refractivity contribution is -0.384. The van der Waals surface area contributed by atoms with Gasteiger partial charge in [-0.2, -0.15) is 0 Å². The van der Waals surface area contributed by atoms with Gasteiger partial charge >= 0.3 is 0 Å². The quantitative estimate of drug-likeness (QED) is 0.493. The molecule has 24 heavy (non-hydrogen) atoms. The molecule has 3 rings (SSSR count). The van der Waals surface area contributed by atoms with E-state index in [1.807, 2.05) is 29.6 Å². The number of thiazole rings is 1. The van der Waals surface area contributed by atoms with E-state index in [2.05, 4.69) is 4.98 Å². The van der Waals surface area contributed by atoms with E-state index in [1.54, 1.807) is 19.2 Å². The summed E-state index contributed by atoms with van der Waals surface area (Å²) in [7, 11) is 1.62. The fourth-order valence-corrected chi connectivity index (χ4v) is 2.80. The summed E-state index contributed by atoms with van der Waals surface area (Å²) in [5.74, 6) is 1.51. The highest BCUT2D eigenvalue weighted by Gasteiger charge is 2.08.